The minimum atomic E-state index is -3.62. The van der Waals surface area contributed by atoms with Crippen molar-refractivity contribution in [2.45, 2.75) is 37.6 Å². The SMILES string of the molecule is Cc1ccc2nc(NC(=O)CCn3c(=O)oc4cc(S(=O)(=O)N5CCCC5)ccc43)sc2c1. The molecule has 1 saturated heterocycles. The molecule has 0 saturated carbocycles. The van der Waals surface area contributed by atoms with Crippen LogP contribution in [-0.4, -0.2) is 41.3 Å². The number of sulfonamides is 1. The van der Waals surface area contributed by atoms with Gasteiger partial charge in [0.25, 0.3) is 0 Å². The van der Waals surface area contributed by atoms with E-state index in [2.05, 4.69) is 10.3 Å². The number of benzene rings is 2. The fourth-order valence-corrected chi connectivity index (χ4v) is 6.49. The summed E-state index contributed by atoms with van der Waals surface area (Å²) in [6.07, 6.45) is 1.72. The van der Waals surface area contributed by atoms with Crippen molar-refractivity contribution < 1.29 is 17.6 Å². The molecular weight excluding hydrogens is 464 g/mol. The first-order chi connectivity index (χ1) is 15.8. The van der Waals surface area contributed by atoms with E-state index >= 15 is 0 Å². The van der Waals surface area contributed by atoms with Crippen LogP contribution in [0.15, 0.2) is 50.5 Å². The maximum atomic E-state index is 12.8. The van der Waals surface area contributed by atoms with Gasteiger partial charge in [0.2, 0.25) is 15.9 Å². The number of anilines is 1. The molecule has 1 amide bonds. The third kappa shape index (κ3) is 4.19. The standard InChI is InChI=1S/C22H22N4O5S2/c1-14-4-6-16-19(12-14)32-21(23-16)24-20(27)8-11-26-17-7-5-15(13-18(17)31-22(26)28)33(29,30)25-9-2-3-10-25/h4-7,12-13H,2-3,8-11H2,1H3,(H,23,24,27). The van der Waals surface area contributed by atoms with Gasteiger partial charge in [-0.3, -0.25) is 9.36 Å². The molecule has 0 radical (unpaired) electrons. The van der Waals surface area contributed by atoms with E-state index in [1.54, 1.807) is 6.07 Å². The Kier molecular flexibility index (Phi) is 5.55. The third-order valence-electron chi connectivity index (χ3n) is 5.70. The van der Waals surface area contributed by atoms with E-state index in [1.165, 1.54) is 32.3 Å². The number of amides is 1. The van der Waals surface area contributed by atoms with Crippen molar-refractivity contribution in [3.63, 3.8) is 0 Å². The fourth-order valence-electron chi connectivity index (χ4n) is 3.98. The summed E-state index contributed by atoms with van der Waals surface area (Å²) < 4.78 is 34.6. The quantitative estimate of drug-likeness (QED) is 0.447. The van der Waals surface area contributed by atoms with Gasteiger partial charge >= 0.3 is 5.76 Å². The van der Waals surface area contributed by atoms with Crippen LogP contribution in [0.2, 0.25) is 0 Å². The number of thiazole rings is 1. The predicted octanol–water partition coefficient (Wildman–Crippen LogP) is 3.33. The van der Waals surface area contributed by atoms with E-state index in [0.29, 0.717) is 23.7 Å². The van der Waals surface area contributed by atoms with Crippen LogP contribution in [0.3, 0.4) is 0 Å². The lowest BCUT2D eigenvalue weighted by Crippen LogP contribution is -2.27. The number of hydrogen-bond acceptors (Lipinski definition) is 7. The van der Waals surface area contributed by atoms with E-state index in [1.807, 2.05) is 25.1 Å². The Hall–Kier alpha value is -3.02. The van der Waals surface area contributed by atoms with Crippen LogP contribution < -0.4 is 11.1 Å². The van der Waals surface area contributed by atoms with Gasteiger partial charge in [0.05, 0.1) is 20.6 Å². The molecule has 4 aromatic rings. The Bertz CT molecular complexity index is 1530. The van der Waals surface area contributed by atoms with Crippen LogP contribution in [0.25, 0.3) is 21.3 Å². The van der Waals surface area contributed by atoms with Crippen LogP contribution in [0.5, 0.6) is 0 Å². The molecule has 33 heavy (non-hydrogen) atoms. The largest absolute Gasteiger partial charge is 0.419 e. The van der Waals surface area contributed by atoms with E-state index in [9.17, 15) is 18.0 Å². The minimum Gasteiger partial charge on any atom is -0.408 e. The zero-order valence-corrected chi connectivity index (χ0v) is 19.5. The zero-order valence-electron chi connectivity index (χ0n) is 17.9. The Labute approximate surface area is 193 Å². The Morgan fingerprint density at radius 2 is 1.97 bits per heavy atom. The second-order valence-electron chi connectivity index (χ2n) is 8.05. The lowest BCUT2D eigenvalue weighted by Gasteiger charge is -2.15. The summed E-state index contributed by atoms with van der Waals surface area (Å²) in [6, 6.07) is 10.3. The van der Waals surface area contributed by atoms with Gasteiger partial charge in [0, 0.05) is 32.1 Å². The molecule has 1 fully saturated rings. The lowest BCUT2D eigenvalue weighted by atomic mass is 10.2. The molecule has 0 atom stereocenters. The second kappa shape index (κ2) is 8.40. The highest BCUT2D eigenvalue weighted by atomic mass is 32.2. The Morgan fingerprint density at radius 3 is 2.76 bits per heavy atom. The van der Waals surface area contributed by atoms with E-state index in [-0.39, 0.29) is 29.4 Å². The van der Waals surface area contributed by atoms with E-state index in [0.717, 1.165) is 28.6 Å². The zero-order chi connectivity index (χ0) is 23.2. The number of nitrogens with one attached hydrogen (secondary N) is 1. The number of carbonyl (C=O) groups is 1. The van der Waals surface area contributed by atoms with Crippen LogP contribution in [0.1, 0.15) is 24.8 Å². The van der Waals surface area contributed by atoms with Crippen LogP contribution in [0, 0.1) is 6.92 Å². The van der Waals surface area contributed by atoms with Crippen LogP contribution in [0.4, 0.5) is 5.13 Å². The third-order valence-corrected chi connectivity index (χ3v) is 8.52. The highest BCUT2D eigenvalue weighted by molar-refractivity contribution is 7.89. The van der Waals surface area contributed by atoms with Crippen molar-refractivity contribution in [2.75, 3.05) is 18.4 Å². The first-order valence-corrected chi connectivity index (χ1v) is 12.9. The van der Waals surface area contributed by atoms with Crippen LogP contribution in [-0.2, 0) is 21.4 Å². The summed E-state index contributed by atoms with van der Waals surface area (Å²) in [5.41, 5.74) is 2.56. The van der Waals surface area contributed by atoms with Gasteiger partial charge in [-0.05, 0) is 49.6 Å². The molecule has 1 aliphatic rings. The Morgan fingerprint density at radius 1 is 1.18 bits per heavy atom. The molecule has 0 unspecified atom stereocenters. The maximum Gasteiger partial charge on any atom is 0.419 e. The van der Waals surface area contributed by atoms with Crippen molar-refractivity contribution in [3.05, 3.63) is 52.5 Å². The molecule has 0 spiro atoms. The molecule has 172 valence electrons. The lowest BCUT2D eigenvalue weighted by molar-refractivity contribution is -0.116. The summed E-state index contributed by atoms with van der Waals surface area (Å²) in [6.45, 7) is 3.08. The monoisotopic (exact) mass is 486 g/mol. The minimum absolute atomic E-state index is 0.0390. The highest BCUT2D eigenvalue weighted by Crippen LogP contribution is 2.27. The first kappa shape index (κ1) is 21.8. The van der Waals surface area contributed by atoms with Crippen LogP contribution >= 0.6 is 11.3 Å². The molecule has 11 heteroatoms. The van der Waals surface area contributed by atoms with Gasteiger partial charge < -0.3 is 9.73 Å². The number of fused-ring (bicyclic) bond motifs is 2. The predicted molar refractivity (Wildman–Crippen MR) is 126 cm³/mol. The molecule has 2 aromatic heterocycles. The Balaban J connectivity index is 1.31. The van der Waals surface area contributed by atoms with E-state index in [4.69, 9.17) is 4.42 Å². The molecule has 0 bridgehead atoms. The number of nitrogens with zero attached hydrogens (tertiary/aromatic N) is 3. The van der Waals surface area contributed by atoms with Crippen molar-refractivity contribution >= 4 is 53.7 Å². The van der Waals surface area contributed by atoms with Gasteiger partial charge in [0.15, 0.2) is 10.7 Å². The molecule has 9 nitrogen and oxygen atoms in total. The fraction of sp³-hybridized carbons (Fsp3) is 0.318. The van der Waals surface area contributed by atoms with Gasteiger partial charge in [-0.2, -0.15) is 4.31 Å². The molecule has 3 heterocycles. The van der Waals surface area contributed by atoms with Gasteiger partial charge in [-0.25, -0.2) is 18.2 Å². The molecule has 2 aromatic carbocycles. The molecule has 1 aliphatic heterocycles. The average Bonchev–Trinajstić information content (AvgIpc) is 3.50. The maximum absolute atomic E-state index is 12.8. The summed E-state index contributed by atoms with van der Waals surface area (Å²) in [7, 11) is -3.62. The normalized spacial score (nSPS) is 14.9. The first-order valence-electron chi connectivity index (χ1n) is 10.6. The second-order valence-corrected chi connectivity index (χ2v) is 11.0. The summed E-state index contributed by atoms with van der Waals surface area (Å²) >= 11 is 1.39. The number of hydrogen-bond donors (Lipinski definition) is 1. The average molecular weight is 487 g/mol. The summed E-state index contributed by atoms with van der Waals surface area (Å²) in [5.74, 6) is -0.913. The number of aromatic nitrogens is 2. The van der Waals surface area contributed by atoms with Crippen molar-refractivity contribution in [3.8, 4) is 0 Å². The smallest absolute Gasteiger partial charge is 0.408 e. The van der Waals surface area contributed by atoms with Crippen molar-refractivity contribution in [1.82, 2.24) is 13.9 Å². The van der Waals surface area contributed by atoms with Gasteiger partial charge in [-0.1, -0.05) is 17.4 Å². The number of aryl methyl sites for hydroxylation is 2. The van der Waals surface area contributed by atoms with Crippen molar-refractivity contribution in [2.24, 2.45) is 0 Å². The topological polar surface area (TPSA) is 115 Å². The number of rotatable bonds is 6. The molecule has 5 rings (SSSR count). The van der Waals surface area contributed by atoms with Crippen molar-refractivity contribution in [1.29, 1.82) is 0 Å². The summed E-state index contributed by atoms with van der Waals surface area (Å²) in [4.78, 5) is 29.3. The number of oxazole rings is 1. The van der Waals surface area contributed by atoms with Gasteiger partial charge in [0.1, 0.15) is 0 Å². The molecular formula is C22H22N4O5S2. The molecule has 1 N–H and O–H groups in total. The van der Waals surface area contributed by atoms with Gasteiger partial charge in [-0.15, -0.1) is 0 Å². The van der Waals surface area contributed by atoms with E-state index < -0.39 is 15.8 Å². The highest BCUT2D eigenvalue weighted by Gasteiger charge is 2.28. The molecule has 0 aliphatic carbocycles. The number of carbonyl (C=O) groups excluding carboxylic acids is 1. The summed E-state index contributed by atoms with van der Waals surface area (Å²) in [5, 5.41) is 3.28.